The quantitative estimate of drug-likeness (QED) is 0.315. The molecule has 1 aliphatic heterocycles. The van der Waals surface area contributed by atoms with Gasteiger partial charge in [0.05, 0.1) is 10.9 Å². The highest BCUT2D eigenvalue weighted by Crippen LogP contribution is 2.46. The molecule has 162 valence electrons. The van der Waals surface area contributed by atoms with Gasteiger partial charge in [0.25, 0.3) is 5.91 Å². The van der Waals surface area contributed by atoms with Gasteiger partial charge in [-0.3, -0.25) is 14.4 Å². The van der Waals surface area contributed by atoms with Gasteiger partial charge >= 0.3 is 0 Å². The highest BCUT2D eigenvalue weighted by atomic mass is 79.9. The lowest BCUT2D eigenvalue weighted by molar-refractivity contribution is -0.121. The molecule has 0 fully saturated rings. The summed E-state index contributed by atoms with van der Waals surface area (Å²) in [4.78, 5) is 38.7. The number of rotatable bonds is 7. The van der Waals surface area contributed by atoms with Crippen LogP contribution in [0.2, 0.25) is 0 Å². The van der Waals surface area contributed by atoms with E-state index in [9.17, 15) is 14.4 Å². The molecule has 0 bridgehead atoms. The monoisotopic (exact) mass is 476 g/mol. The van der Waals surface area contributed by atoms with E-state index >= 15 is 0 Å². The lowest BCUT2D eigenvalue weighted by atomic mass is 9.73. The molecule has 1 aliphatic carbocycles. The van der Waals surface area contributed by atoms with Crippen molar-refractivity contribution in [2.24, 2.45) is 5.41 Å². The average Bonchev–Trinajstić information content (AvgIpc) is 3.13. The van der Waals surface area contributed by atoms with Crippen molar-refractivity contribution in [1.29, 1.82) is 0 Å². The SMILES string of the molecule is CCCCCCC(C)(C)C1=CC(=O)C2=C(OC(C)(C)c3cn(C(=O)CBr)nc32)C1=O. The third-order valence-corrected chi connectivity index (χ3v) is 6.39. The molecule has 0 saturated heterocycles. The van der Waals surface area contributed by atoms with Crippen LogP contribution in [0.1, 0.15) is 82.8 Å². The molecule has 7 heteroatoms. The van der Waals surface area contributed by atoms with Gasteiger partial charge in [-0.25, -0.2) is 4.68 Å². The minimum atomic E-state index is -0.886. The Morgan fingerprint density at radius 2 is 1.93 bits per heavy atom. The fourth-order valence-electron chi connectivity index (χ4n) is 4.07. The van der Waals surface area contributed by atoms with Crippen molar-refractivity contribution in [3.05, 3.63) is 34.9 Å². The maximum atomic E-state index is 13.4. The molecule has 0 unspecified atom stereocenters. The van der Waals surface area contributed by atoms with E-state index < -0.39 is 11.0 Å². The van der Waals surface area contributed by atoms with E-state index in [4.69, 9.17) is 4.74 Å². The number of fused-ring (bicyclic) bond motifs is 2. The van der Waals surface area contributed by atoms with Crippen molar-refractivity contribution in [2.75, 3.05) is 5.33 Å². The standard InChI is InChI=1S/C23H29BrN2O4/c1-6-7-8-9-10-22(2,3)14-11-16(27)18-19-15(13-26(25-19)17(28)12-24)23(4,5)30-21(18)20(14)29/h11,13H,6-10,12H2,1-5H3. The number of ether oxygens (including phenoxy) is 1. The van der Waals surface area contributed by atoms with Crippen LogP contribution in [0.15, 0.2) is 23.6 Å². The molecule has 0 radical (unpaired) electrons. The highest BCUT2D eigenvalue weighted by Gasteiger charge is 2.46. The maximum absolute atomic E-state index is 13.4. The second-order valence-electron chi connectivity index (χ2n) is 9.13. The van der Waals surface area contributed by atoms with Crippen LogP contribution in [-0.4, -0.2) is 32.6 Å². The zero-order valence-corrected chi connectivity index (χ0v) is 19.9. The van der Waals surface area contributed by atoms with Crippen molar-refractivity contribution in [3.63, 3.8) is 0 Å². The summed E-state index contributed by atoms with van der Waals surface area (Å²) in [5.41, 5.74) is 0.289. The number of halogens is 1. The first-order valence-electron chi connectivity index (χ1n) is 10.5. The predicted octanol–water partition coefficient (Wildman–Crippen LogP) is 4.97. The Hall–Kier alpha value is -2.02. The number of alkyl halides is 1. The van der Waals surface area contributed by atoms with Crippen LogP contribution in [0, 0.1) is 5.41 Å². The first kappa shape index (κ1) is 22.7. The number of unbranched alkanes of at least 4 members (excludes halogenated alkanes) is 3. The van der Waals surface area contributed by atoms with Crippen molar-refractivity contribution < 1.29 is 19.1 Å². The topological polar surface area (TPSA) is 78.3 Å². The van der Waals surface area contributed by atoms with E-state index in [2.05, 4.69) is 28.0 Å². The van der Waals surface area contributed by atoms with Crippen LogP contribution in [0.5, 0.6) is 0 Å². The zero-order valence-electron chi connectivity index (χ0n) is 18.3. The third-order valence-electron chi connectivity index (χ3n) is 5.91. The predicted molar refractivity (Wildman–Crippen MR) is 118 cm³/mol. The van der Waals surface area contributed by atoms with Crippen LogP contribution in [0.25, 0.3) is 5.57 Å². The van der Waals surface area contributed by atoms with Crippen molar-refractivity contribution in [2.45, 2.75) is 72.3 Å². The maximum Gasteiger partial charge on any atom is 0.257 e. The normalized spacial score (nSPS) is 18.0. The molecule has 1 aromatic rings. The minimum Gasteiger partial charge on any atom is -0.478 e. The zero-order chi connectivity index (χ0) is 22.3. The van der Waals surface area contributed by atoms with E-state index in [0.29, 0.717) is 16.8 Å². The van der Waals surface area contributed by atoms with Crippen molar-refractivity contribution >= 4 is 39.0 Å². The minimum absolute atomic E-state index is 0.0492. The second-order valence-corrected chi connectivity index (χ2v) is 9.69. The molecule has 30 heavy (non-hydrogen) atoms. The molecule has 0 saturated carbocycles. The van der Waals surface area contributed by atoms with E-state index in [0.717, 1.165) is 32.1 Å². The number of nitrogens with zero attached hydrogens (tertiary/aromatic N) is 2. The Balaban J connectivity index is 1.99. The van der Waals surface area contributed by atoms with Gasteiger partial charge in [-0.2, -0.15) is 5.10 Å². The summed E-state index contributed by atoms with van der Waals surface area (Å²) in [6.45, 7) is 9.79. The Kier molecular flexibility index (Phi) is 6.23. The van der Waals surface area contributed by atoms with Gasteiger partial charge in [-0.15, -0.1) is 0 Å². The molecule has 0 aromatic carbocycles. The fraction of sp³-hybridized carbons (Fsp3) is 0.565. The van der Waals surface area contributed by atoms with Crippen molar-refractivity contribution in [1.82, 2.24) is 9.78 Å². The van der Waals surface area contributed by atoms with Gasteiger partial charge in [0, 0.05) is 17.3 Å². The van der Waals surface area contributed by atoms with Gasteiger partial charge in [-0.05, 0) is 31.8 Å². The summed E-state index contributed by atoms with van der Waals surface area (Å²) < 4.78 is 7.28. The van der Waals surface area contributed by atoms with Crippen LogP contribution in [0.3, 0.4) is 0 Å². The summed E-state index contributed by atoms with van der Waals surface area (Å²) in [6, 6.07) is 0. The number of aromatic nitrogens is 2. The van der Waals surface area contributed by atoms with E-state index in [1.165, 1.54) is 10.8 Å². The molecule has 2 heterocycles. The first-order chi connectivity index (χ1) is 14.0. The Bertz CT molecular complexity index is 966. The van der Waals surface area contributed by atoms with Crippen molar-refractivity contribution in [3.8, 4) is 0 Å². The molecule has 0 spiro atoms. The highest BCUT2D eigenvalue weighted by molar-refractivity contribution is 9.09. The molecular formula is C23H29BrN2O4. The molecule has 0 amide bonds. The Labute approximate surface area is 185 Å². The summed E-state index contributed by atoms with van der Waals surface area (Å²) in [5.74, 6) is -0.769. The summed E-state index contributed by atoms with van der Waals surface area (Å²) in [6.07, 6.45) is 8.26. The lowest BCUT2D eigenvalue weighted by Crippen LogP contribution is -2.36. The molecule has 0 atom stereocenters. The summed E-state index contributed by atoms with van der Waals surface area (Å²) >= 11 is 3.14. The molecule has 1 aromatic heterocycles. The van der Waals surface area contributed by atoms with Gasteiger partial charge in [0.15, 0.2) is 11.5 Å². The van der Waals surface area contributed by atoms with E-state index in [1.54, 1.807) is 6.20 Å². The first-order valence-corrected chi connectivity index (χ1v) is 11.6. The third kappa shape index (κ3) is 3.96. The van der Waals surface area contributed by atoms with Crippen LogP contribution < -0.4 is 0 Å². The molecule has 0 N–H and O–H groups in total. The Morgan fingerprint density at radius 3 is 2.57 bits per heavy atom. The summed E-state index contributed by atoms with van der Waals surface area (Å²) in [7, 11) is 0. The number of carbonyl (C=O) groups is 3. The number of allylic oxidation sites excluding steroid dienone is 3. The van der Waals surface area contributed by atoms with Crippen LogP contribution in [0.4, 0.5) is 0 Å². The van der Waals surface area contributed by atoms with Crippen LogP contribution >= 0.6 is 15.9 Å². The second kappa shape index (κ2) is 8.25. The average molecular weight is 477 g/mol. The van der Waals surface area contributed by atoms with E-state index in [1.807, 2.05) is 27.7 Å². The van der Waals surface area contributed by atoms with Crippen LogP contribution in [-0.2, 0) is 19.9 Å². The number of Topliss-reactive ketones (excluding diaryl/α,β-unsaturated/α-hetero) is 1. The number of hydrogen-bond acceptors (Lipinski definition) is 5. The van der Waals surface area contributed by atoms with Gasteiger partial charge in [0.1, 0.15) is 11.3 Å². The number of carbonyl (C=O) groups excluding carboxylic acids is 3. The molecule has 6 nitrogen and oxygen atoms in total. The molecule has 2 aliphatic rings. The van der Waals surface area contributed by atoms with Gasteiger partial charge in [-0.1, -0.05) is 62.4 Å². The van der Waals surface area contributed by atoms with Gasteiger partial charge in [0.2, 0.25) is 5.78 Å². The fourth-order valence-corrected chi connectivity index (χ4v) is 4.32. The number of hydrogen-bond donors (Lipinski definition) is 0. The molecular weight excluding hydrogens is 448 g/mol. The summed E-state index contributed by atoms with van der Waals surface area (Å²) in [5, 5.41) is 4.44. The lowest BCUT2D eigenvalue weighted by Gasteiger charge is -2.36. The van der Waals surface area contributed by atoms with E-state index in [-0.39, 0.29) is 34.1 Å². The molecule has 3 rings (SSSR count). The van der Waals surface area contributed by atoms with Gasteiger partial charge < -0.3 is 4.74 Å². The largest absolute Gasteiger partial charge is 0.478 e. The smallest absolute Gasteiger partial charge is 0.257 e. The number of ketones is 2. The Morgan fingerprint density at radius 1 is 1.23 bits per heavy atom.